The molecule has 0 aliphatic heterocycles. The Kier molecular flexibility index (Phi) is 7.91. The van der Waals surface area contributed by atoms with E-state index in [2.05, 4.69) is 35.7 Å². The minimum Gasteiger partial charge on any atom is -0.346 e. The molecule has 2 aliphatic rings. The zero-order valence-electron chi connectivity index (χ0n) is 22.7. The number of aromatic nitrogens is 5. The van der Waals surface area contributed by atoms with Gasteiger partial charge in [-0.3, -0.25) is 9.59 Å². The van der Waals surface area contributed by atoms with Crippen LogP contribution in [0.1, 0.15) is 85.0 Å². The minimum absolute atomic E-state index is 0.0562. The Balaban J connectivity index is 1.41. The summed E-state index contributed by atoms with van der Waals surface area (Å²) in [5.41, 5.74) is 1.23. The first kappa shape index (κ1) is 29.8. The fourth-order valence-corrected chi connectivity index (χ4v) is 5.23. The number of imidazole rings is 1. The minimum atomic E-state index is -4.87. The van der Waals surface area contributed by atoms with Crippen LogP contribution in [0.5, 0.6) is 0 Å². The summed E-state index contributed by atoms with van der Waals surface area (Å²) in [5, 5.41) is 16.7. The number of halogens is 6. The Bertz CT molecular complexity index is 1440. The first-order chi connectivity index (χ1) is 19.7. The van der Waals surface area contributed by atoms with Crippen molar-refractivity contribution in [3.63, 3.8) is 0 Å². The zero-order valence-corrected chi connectivity index (χ0v) is 22.7. The maximum absolute atomic E-state index is 14.4. The molecule has 0 unspecified atom stereocenters. The van der Waals surface area contributed by atoms with Gasteiger partial charge in [-0.1, -0.05) is 12.1 Å². The van der Waals surface area contributed by atoms with E-state index in [9.17, 15) is 35.9 Å². The van der Waals surface area contributed by atoms with Crippen molar-refractivity contribution in [1.29, 1.82) is 0 Å². The van der Waals surface area contributed by atoms with Gasteiger partial charge in [0.15, 0.2) is 17.5 Å². The molecule has 16 heteroatoms. The Morgan fingerprint density at radius 3 is 2.33 bits per heavy atom. The molecule has 0 radical (unpaired) electrons. The maximum Gasteiger partial charge on any atom is 0.394 e. The first-order valence-electron chi connectivity index (χ1n) is 13.6. The molecular weight excluding hydrogens is 572 g/mol. The van der Waals surface area contributed by atoms with Crippen LogP contribution in [0.15, 0.2) is 23.1 Å². The molecule has 0 spiro atoms. The second-order valence-electron chi connectivity index (χ2n) is 11.2. The molecule has 2 saturated carbocycles. The van der Waals surface area contributed by atoms with Crippen molar-refractivity contribution in [1.82, 2.24) is 35.5 Å². The van der Waals surface area contributed by atoms with Crippen LogP contribution in [0.25, 0.3) is 5.65 Å². The topological polar surface area (TPSA) is 127 Å². The molecule has 42 heavy (non-hydrogen) atoms. The maximum atomic E-state index is 14.4. The van der Waals surface area contributed by atoms with Gasteiger partial charge in [-0.05, 0) is 61.2 Å². The van der Waals surface area contributed by atoms with Crippen LogP contribution >= 0.6 is 0 Å². The van der Waals surface area contributed by atoms with E-state index in [1.807, 2.05) is 0 Å². The van der Waals surface area contributed by atoms with E-state index >= 15 is 0 Å². The second-order valence-corrected chi connectivity index (χ2v) is 11.2. The van der Waals surface area contributed by atoms with Crippen molar-refractivity contribution >= 4 is 17.5 Å². The smallest absolute Gasteiger partial charge is 0.346 e. The van der Waals surface area contributed by atoms with Crippen LogP contribution in [0, 0.1) is 24.7 Å². The van der Waals surface area contributed by atoms with Crippen molar-refractivity contribution in [2.45, 2.75) is 82.7 Å². The van der Waals surface area contributed by atoms with Gasteiger partial charge >= 0.3 is 6.18 Å². The highest BCUT2D eigenvalue weighted by molar-refractivity contribution is 5.93. The molecule has 3 heterocycles. The lowest BCUT2D eigenvalue weighted by Gasteiger charge is -2.33. The first-order valence-corrected chi connectivity index (χ1v) is 13.6. The fourth-order valence-electron chi connectivity index (χ4n) is 5.23. The molecule has 3 aromatic rings. The van der Waals surface area contributed by atoms with Crippen LogP contribution in [-0.2, 0) is 4.79 Å². The van der Waals surface area contributed by atoms with Gasteiger partial charge in [-0.15, -0.1) is 0 Å². The van der Waals surface area contributed by atoms with E-state index in [4.69, 9.17) is 0 Å². The van der Waals surface area contributed by atoms with E-state index in [1.54, 1.807) is 6.07 Å². The van der Waals surface area contributed by atoms with Crippen molar-refractivity contribution < 1.29 is 40.6 Å². The predicted octanol–water partition coefficient (Wildman–Crippen LogP) is 4.82. The molecule has 2 amide bonds. The lowest BCUT2D eigenvalue weighted by atomic mass is 9.81. The zero-order chi connectivity index (χ0) is 30.4. The number of rotatable bonds is 9. The summed E-state index contributed by atoms with van der Waals surface area (Å²) in [6.45, 7) is 2.14. The molecule has 0 bridgehead atoms. The monoisotopic (exact) mass is 601 g/mol. The van der Waals surface area contributed by atoms with E-state index in [0.29, 0.717) is 31.0 Å². The quantitative estimate of drug-likeness (QED) is 0.337. The number of amides is 2. The van der Waals surface area contributed by atoms with Crippen LogP contribution in [-0.4, -0.2) is 55.0 Å². The van der Waals surface area contributed by atoms with Gasteiger partial charge in [-0.25, -0.2) is 27.3 Å². The highest BCUT2D eigenvalue weighted by atomic mass is 19.4. The summed E-state index contributed by atoms with van der Waals surface area (Å²) in [6.07, 6.45) is -3.81. The average molecular weight is 602 g/mol. The highest BCUT2D eigenvalue weighted by Crippen LogP contribution is 2.43. The van der Waals surface area contributed by atoms with Gasteiger partial charge in [0.2, 0.25) is 5.92 Å². The molecular formula is C26H29F6N7O3. The third kappa shape index (κ3) is 6.36. The Morgan fingerprint density at radius 1 is 1.07 bits per heavy atom. The number of nitrogens with one attached hydrogen (secondary N) is 2. The summed E-state index contributed by atoms with van der Waals surface area (Å²) in [5.74, 6) is -7.75. The molecule has 0 saturated heterocycles. The van der Waals surface area contributed by atoms with Crippen LogP contribution < -0.4 is 10.6 Å². The summed E-state index contributed by atoms with van der Waals surface area (Å²) < 4.78 is 87.1. The molecule has 10 nitrogen and oxygen atoms in total. The fraction of sp³-hybridized carbons (Fsp3) is 0.615. The van der Waals surface area contributed by atoms with Gasteiger partial charge < -0.3 is 10.6 Å². The summed E-state index contributed by atoms with van der Waals surface area (Å²) >= 11 is 0. The summed E-state index contributed by atoms with van der Waals surface area (Å²) in [6, 6.07) is -0.00253. The lowest BCUT2D eigenvalue weighted by molar-refractivity contribution is -0.188. The third-order valence-corrected chi connectivity index (χ3v) is 8.02. The Morgan fingerprint density at radius 2 is 1.74 bits per heavy atom. The van der Waals surface area contributed by atoms with Gasteiger partial charge in [0.1, 0.15) is 5.69 Å². The van der Waals surface area contributed by atoms with Gasteiger partial charge in [0, 0.05) is 12.8 Å². The van der Waals surface area contributed by atoms with E-state index in [1.165, 1.54) is 23.8 Å². The van der Waals surface area contributed by atoms with Crippen molar-refractivity contribution in [3.05, 3.63) is 41.1 Å². The number of hydrogen-bond acceptors (Lipinski definition) is 7. The van der Waals surface area contributed by atoms with Gasteiger partial charge in [0.05, 0.1) is 36.1 Å². The van der Waals surface area contributed by atoms with Gasteiger partial charge in [0.25, 0.3) is 11.8 Å². The summed E-state index contributed by atoms with van der Waals surface area (Å²) in [4.78, 5) is 30.0. The molecule has 2 fully saturated rings. The molecule has 5 rings (SSSR count). The Labute approximate surface area is 235 Å². The van der Waals surface area contributed by atoms with Crippen molar-refractivity contribution in [2.75, 3.05) is 0 Å². The lowest BCUT2D eigenvalue weighted by Crippen LogP contribution is -2.43. The summed E-state index contributed by atoms with van der Waals surface area (Å²) in [7, 11) is 0. The predicted molar refractivity (Wildman–Crippen MR) is 133 cm³/mol. The van der Waals surface area contributed by atoms with Gasteiger partial charge in [-0.2, -0.15) is 18.3 Å². The Hall–Kier alpha value is -3.72. The van der Waals surface area contributed by atoms with E-state index in [-0.39, 0.29) is 54.6 Å². The molecule has 2 N–H and O–H groups in total. The van der Waals surface area contributed by atoms with Crippen molar-refractivity contribution in [2.24, 2.45) is 17.8 Å². The molecule has 3 aromatic heterocycles. The number of alkyl halides is 6. The second kappa shape index (κ2) is 11.2. The molecule has 0 aromatic carbocycles. The van der Waals surface area contributed by atoms with Crippen LogP contribution in [0.4, 0.5) is 26.3 Å². The van der Waals surface area contributed by atoms with E-state index < -0.39 is 48.1 Å². The highest BCUT2D eigenvalue weighted by Gasteiger charge is 2.46. The number of nitrogens with zero attached hydrogens (tertiary/aromatic N) is 5. The average Bonchev–Trinajstić information content (AvgIpc) is 3.54. The number of hydrogen-bond donors (Lipinski definition) is 2. The number of aryl methyl sites for hydroxylation is 1. The largest absolute Gasteiger partial charge is 0.394 e. The number of carbonyl (C=O) groups is 2. The van der Waals surface area contributed by atoms with E-state index in [0.717, 1.165) is 0 Å². The molecule has 2 aliphatic carbocycles. The third-order valence-electron chi connectivity index (χ3n) is 8.02. The number of fused-ring (bicyclic) bond motifs is 1. The SMILES string of the molecule is Cc1nonc1C(=O)N[C@H](c1cn2ncc([C@H](NC(=O)[C@H](F)[C@@H](C)C(F)(F)F)C3CC3)cc2n1)C1CCC(F)(F)CC1. The normalized spacial score (nSPS) is 20.6. The number of carbonyl (C=O) groups excluding carboxylic acids is 2. The standard InChI is InChI=1S/C26H29F6N7O3/c1-12(26(30,31)32)19(27)23(40)35-21(14-3-4-14)16-9-18-34-17(11-39(18)33-10-16)22(15-5-7-25(28,29)8-6-15)36-24(41)20-13(2)37-42-38-20/h9-12,14-15,19,21-22H,3-8H2,1-2H3,(H,35,40)(H,36,41)/t12-,19-,21-,22+/m1/s1. The molecule has 228 valence electrons. The van der Waals surface area contributed by atoms with Crippen LogP contribution in [0.3, 0.4) is 0 Å². The van der Waals surface area contributed by atoms with Crippen LogP contribution in [0.2, 0.25) is 0 Å². The molecule has 4 atom stereocenters. The van der Waals surface area contributed by atoms with Crippen molar-refractivity contribution in [3.8, 4) is 0 Å².